The molecular formula is C20H19F2N3O4S. The molecule has 7 nitrogen and oxygen atoms in total. The van der Waals surface area contributed by atoms with Crippen molar-refractivity contribution in [3.8, 4) is 0 Å². The van der Waals surface area contributed by atoms with E-state index in [2.05, 4.69) is 10.3 Å². The minimum absolute atomic E-state index is 0.254. The number of ether oxygens (including phenoxy) is 1. The lowest BCUT2D eigenvalue weighted by atomic mass is 10.0. The first-order valence-electron chi connectivity index (χ1n) is 9.07. The summed E-state index contributed by atoms with van der Waals surface area (Å²) in [6.07, 6.45) is 0. The zero-order chi connectivity index (χ0) is 22.0. The average Bonchev–Trinajstić information content (AvgIpc) is 3.05. The van der Waals surface area contributed by atoms with Crippen LogP contribution in [0.2, 0.25) is 0 Å². The normalized spacial score (nSPS) is 12.2. The quantitative estimate of drug-likeness (QED) is 0.602. The number of aryl methyl sites for hydroxylation is 1. The number of esters is 1. The summed E-state index contributed by atoms with van der Waals surface area (Å²) in [7, 11) is 0. The van der Waals surface area contributed by atoms with Crippen molar-refractivity contribution in [3.63, 3.8) is 0 Å². The highest BCUT2D eigenvalue weighted by Crippen LogP contribution is 2.15. The van der Waals surface area contributed by atoms with E-state index < -0.39 is 41.0 Å². The van der Waals surface area contributed by atoms with Gasteiger partial charge in [-0.15, -0.1) is 11.3 Å². The fraction of sp³-hybridized carbons (Fsp3) is 0.300. The molecule has 0 fully saturated rings. The SMILES string of the molecule is Cc1csc2nc(COC(=O)C(NC(=O)c3c(F)cccc3F)C(C)C)cc(=O)n12. The number of amides is 1. The molecule has 30 heavy (non-hydrogen) atoms. The zero-order valence-electron chi connectivity index (χ0n) is 16.4. The Labute approximate surface area is 174 Å². The summed E-state index contributed by atoms with van der Waals surface area (Å²) >= 11 is 1.28. The second kappa shape index (κ2) is 8.70. The van der Waals surface area contributed by atoms with E-state index in [0.29, 0.717) is 4.96 Å². The van der Waals surface area contributed by atoms with Gasteiger partial charge >= 0.3 is 5.97 Å². The van der Waals surface area contributed by atoms with E-state index in [9.17, 15) is 23.2 Å². The highest BCUT2D eigenvalue weighted by molar-refractivity contribution is 7.15. The Hall–Kier alpha value is -3.14. The molecule has 0 radical (unpaired) electrons. The van der Waals surface area contributed by atoms with Gasteiger partial charge < -0.3 is 10.1 Å². The number of carbonyl (C=O) groups is 2. The minimum atomic E-state index is -1.15. The fourth-order valence-corrected chi connectivity index (χ4v) is 3.73. The van der Waals surface area contributed by atoms with Crippen molar-refractivity contribution >= 4 is 28.2 Å². The number of carbonyl (C=O) groups excluding carboxylic acids is 2. The number of benzene rings is 1. The number of rotatable bonds is 6. The van der Waals surface area contributed by atoms with Gasteiger partial charge in [0.05, 0.1) is 5.69 Å². The molecule has 0 aliphatic rings. The second-order valence-electron chi connectivity index (χ2n) is 6.98. The Kier molecular flexibility index (Phi) is 6.25. The predicted molar refractivity (Wildman–Crippen MR) is 106 cm³/mol. The molecule has 0 spiro atoms. The molecule has 3 aromatic rings. The maximum Gasteiger partial charge on any atom is 0.329 e. The largest absolute Gasteiger partial charge is 0.458 e. The molecule has 0 aliphatic heterocycles. The predicted octanol–water partition coefficient (Wildman–Crippen LogP) is 2.84. The molecule has 1 atom stereocenters. The van der Waals surface area contributed by atoms with Gasteiger partial charge in [-0.25, -0.2) is 18.6 Å². The van der Waals surface area contributed by atoms with Crippen molar-refractivity contribution in [1.82, 2.24) is 14.7 Å². The second-order valence-corrected chi connectivity index (χ2v) is 7.82. The third-order valence-corrected chi connectivity index (χ3v) is 5.33. The van der Waals surface area contributed by atoms with Gasteiger partial charge in [-0.3, -0.25) is 14.0 Å². The lowest BCUT2D eigenvalue weighted by Crippen LogP contribution is -2.45. The van der Waals surface area contributed by atoms with Crippen LogP contribution in [0, 0.1) is 24.5 Å². The number of thiazole rings is 1. The molecular weight excluding hydrogens is 416 g/mol. The number of hydrogen-bond donors (Lipinski definition) is 1. The van der Waals surface area contributed by atoms with Crippen LogP contribution in [0.5, 0.6) is 0 Å². The molecule has 0 aliphatic carbocycles. The van der Waals surface area contributed by atoms with Gasteiger partial charge in [0.1, 0.15) is 29.8 Å². The summed E-state index contributed by atoms with van der Waals surface area (Å²) < 4.78 is 34.3. The molecule has 1 aromatic carbocycles. The Balaban J connectivity index is 1.73. The van der Waals surface area contributed by atoms with Crippen LogP contribution in [0.3, 0.4) is 0 Å². The number of nitrogens with one attached hydrogen (secondary N) is 1. The van der Waals surface area contributed by atoms with Crippen LogP contribution in [0.1, 0.15) is 35.6 Å². The summed E-state index contributed by atoms with van der Waals surface area (Å²) in [6.45, 7) is 4.79. The Morgan fingerprint density at radius 1 is 1.27 bits per heavy atom. The summed E-state index contributed by atoms with van der Waals surface area (Å²) in [5.41, 5.74) is -0.0686. The number of fused-ring (bicyclic) bond motifs is 1. The molecule has 3 rings (SSSR count). The van der Waals surface area contributed by atoms with Crippen molar-refractivity contribution in [2.24, 2.45) is 5.92 Å². The summed E-state index contributed by atoms with van der Waals surface area (Å²) in [5, 5.41) is 4.10. The van der Waals surface area contributed by atoms with E-state index in [1.165, 1.54) is 21.8 Å². The van der Waals surface area contributed by atoms with E-state index in [0.717, 1.165) is 23.9 Å². The summed E-state index contributed by atoms with van der Waals surface area (Å²) in [4.78, 5) is 41.8. The highest BCUT2D eigenvalue weighted by atomic mass is 32.1. The standard InChI is InChI=1S/C20H19F2N3O4S/c1-10(2)17(24-18(27)16-13(21)5-4-6-14(16)22)19(28)29-8-12-7-15(26)25-11(3)9-30-20(25)23-12/h4-7,9-10,17H,8H2,1-3H3,(H,24,27). The topological polar surface area (TPSA) is 89.8 Å². The van der Waals surface area contributed by atoms with E-state index >= 15 is 0 Å². The van der Waals surface area contributed by atoms with Gasteiger partial charge in [-0.1, -0.05) is 19.9 Å². The Morgan fingerprint density at radius 2 is 1.93 bits per heavy atom. The van der Waals surface area contributed by atoms with Crippen molar-refractivity contribution < 1.29 is 23.1 Å². The van der Waals surface area contributed by atoms with E-state index in [1.807, 2.05) is 0 Å². The molecule has 10 heteroatoms. The van der Waals surface area contributed by atoms with Crippen LogP contribution in [-0.2, 0) is 16.1 Å². The van der Waals surface area contributed by atoms with Gasteiger partial charge in [0.15, 0.2) is 4.96 Å². The maximum atomic E-state index is 13.8. The van der Waals surface area contributed by atoms with E-state index in [-0.39, 0.29) is 17.9 Å². The molecule has 1 unspecified atom stereocenters. The first-order valence-corrected chi connectivity index (χ1v) is 9.95. The van der Waals surface area contributed by atoms with Crippen molar-refractivity contribution in [2.75, 3.05) is 0 Å². The lowest BCUT2D eigenvalue weighted by molar-refractivity contribution is -0.148. The maximum absolute atomic E-state index is 13.8. The van der Waals surface area contributed by atoms with Gasteiger partial charge in [-0.2, -0.15) is 0 Å². The fourth-order valence-electron chi connectivity index (χ4n) is 2.84. The molecule has 158 valence electrons. The summed E-state index contributed by atoms with van der Waals surface area (Å²) in [5.74, 6) is -4.36. The van der Waals surface area contributed by atoms with Gasteiger partial charge in [0.25, 0.3) is 11.5 Å². The molecule has 1 N–H and O–H groups in total. The molecule has 0 saturated heterocycles. The van der Waals surface area contributed by atoms with Crippen molar-refractivity contribution in [3.05, 3.63) is 68.6 Å². The monoisotopic (exact) mass is 435 g/mol. The van der Waals surface area contributed by atoms with Crippen LogP contribution in [0.15, 0.2) is 34.4 Å². The third-order valence-electron chi connectivity index (χ3n) is 4.39. The van der Waals surface area contributed by atoms with Crippen LogP contribution < -0.4 is 10.9 Å². The van der Waals surface area contributed by atoms with Gasteiger partial charge in [0, 0.05) is 17.1 Å². The highest BCUT2D eigenvalue weighted by Gasteiger charge is 2.28. The van der Waals surface area contributed by atoms with Crippen molar-refractivity contribution in [2.45, 2.75) is 33.4 Å². The van der Waals surface area contributed by atoms with Crippen molar-refractivity contribution in [1.29, 1.82) is 0 Å². The van der Waals surface area contributed by atoms with Crippen LogP contribution >= 0.6 is 11.3 Å². The zero-order valence-corrected chi connectivity index (χ0v) is 17.3. The van der Waals surface area contributed by atoms with E-state index in [4.69, 9.17) is 4.74 Å². The molecule has 1 amide bonds. The third kappa shape index (κ3) is 4.38. The van der Waals surface area contributed by atoms with Gasteiger partial charge in [-0.05, 0) is 25.0 Å². The van der Waals surface area contributed by atoms with Crippen LogP contribution in [-0.4, -0.2) is 27.3 Å². The number of halogens is 2. The minimum Gasteiger partial charge on any atom is -0.458 e. The Morgan fingerprint density at radius 3 is 2.57 bits per heavy atom. The van der Waals surface area contributed by atoms with Crippen LogP contribution in [0.25, 0.3) is 4.96 Å². The first-order chi connectivity index (χ1) is 14.2. The number of hydrogen-bond acceptors (Lipinski definition) is 6. The number of aromatic nitrogens is 2. The Bertz CT molecular complexity index is 1150. The summed E-state index contributed by atoms with van der Waals surface area (Å²) in [6, 6.07) is 3.15. The number of nitrogens with zero attached hydrogens (tertiary/aromatic N) is 2. The molecule has 2 aromatic heterocycles. The van der Waals surface area contributed by atoms with E-state index in [1.54, 1.807) is 26.2 Å². The van der Waals surface area contributed by atoms with Gasteiger partial charge in [0.2, 0.25) is 0 Å². The lowest BCUT2D eigenvalue weighted by Gasteiger charge is -2.21. The molecule has 2 heterocycles. The first kappa shape index (κ1) is 21.6. The molecule has 0 saturated carbocycles. The van der Waals surface area contributed by atoms with Crippen LogP contribution in [0.4, 0.5) is 8.78 Å². The average molecular weight is 435 g/mol. The smallest absolute Gasteiger partial charge is 0.329 e. The molecule has 0 bridgehead atoms.